The highest BCUT2D eigenvalue weighted by molar-refractivity contribution is 9.10. The Bertz CT molecular complexity index is 1570. The maximum Gasteiger partial charge on any atom is 0.281 e. The fourth-order valence-corrected chi connectivity index (χ4v) is 8.72. The predicted octanol–water partition coefficient (Wildman–Crippen LogP) is 3.19. The first-order valence-corrected chi connectivity index (χ1v) is 16.3. The third kappa shape index (κ3) is 4.04. The minimum Gasteiger partial charge on any atom is -0.349 e. The molecule has 11 heteroatoms. The van der Waals surface area contributed by atoms with Crippen LogP contribution >= 0.6 is 15.9 Å². The van der Waals surface area contributed by atoms with Gasteiger partial charge in [-0.05, 0) is 77.3 Å². The minimum absolute atomic E-state index is 0.104. The first-order valence-electron chi connectivity index (χ1n) is 15.5. The molecular formula is C32H40BrN5O5. The van der Waals surface area contributed by atoms with Gasteiger partial charge in [0, 0.05) is 36.0 Å². The zero-order chi connectivity index (χ0) is 30.6. The Balaban J connectivity index is 1.25. The second-order valence-electron chi connectivity index (χ2n) is 13.7. The van der Waals surface area contributed by atoms with Crippen LogP contribution in [0.1, 0.15) is 58.1 Å². The third-order valence-electron chi connectivity index (χ3n) is 10.3. The number of aromatic amines is 1. The van der Waals surface area contributed by atoms with Crippen LogP contribution in [-0.2, 0) is 25.5 Å². The van der Waals surface area contributed by atoms with Gasteiger partial charge in [0.2, 0.25) is 17.5 Å². The van der Waals surface area contributed by atoms with E-state index >= 15 is 0 Å². The Morgan fingerprint density at radius 3 is 2.74 bits per heavy atom. The number of fused-ring (bicyclic) bond motifs is 5. The summed E-state index contributed by atoms with van der Waals surface area (Å²) in [5.41, 5.74) is 2.68. The van der Waals surface area contributed by atoms with Crippen molar-refractivity contribution in [2.75, 3.05) is 20.1 Å². The van der Waals surface area contributed by atoms with E-state index in [2.05, 4.69) is 43.3 Å². The second kappa shape index (κ2) is 9.89. The van der Waals surface area contributed by atoms with Gasteiger partial charge >= 0.3 is 0 Å². The van der Waals surface area contributed by atoms with Gasteiger partial charge in [0.05, 0.1) is 10.5 Å². The molecule has 5 heterocycles. The molecule has 0 bridgehead atoms. The van der Waals surface area contributed by atoms with Gasteiger partial charge in [-0.25, -0.2) is 0 Å². The number of ether oxygens (including phenoxy) is 1. The van der Waals surface area contributed by atoms with Crippen molar-refractivity contribution in [2.24, 2.45) is 17.8 Å². The number of carbonyl (C=O) groups excluding carboxylic acids is 3. The molecule has 3 amide bonds. The van der Waals surface area contributed by atoms with Crippen molar-refractivity contribution in [3.8, 4) is 0 Å². The van der Waals surface area contributed by atoms with E-state index in [9.17, 15) is 19.5 Å². The number of aliphatic hydroxyl groups is 1. The Morgan fingerprint density at radius 1 is 1.26 bits per heavy atom. The number of nitrogens with one attached hydrogen (secondary N) is 2. The largest absolute Gasteiger partial charge is 0.349 e. The second-order valence-corrected chi connectivity index (χ2v) is 14.5. The fraction of sp³-hybridized carbons (Fsp3) is 0.594. The molecule has 0 unspecified atom stereocenters. The molecule has 1 aliphatic carbocycles. The number of H-pyrrole nitrogens is 1. The van der Waals surface area contributed by atoms with Crippen molar-refractivity contribution in [1.29, 1.82) is 0 Å². The van der Waals surface area contributed by atoms with E-state index in [1.54, 1.807) is 18.7 Å². The number of likely N-dealkylation sites (N-methyl/N-ethyl adjacent to an activating group) is 1. The summed E-state index contributed by atoms with van der Waals surface area (Å²) in [7, 11) is 2.03. The molecule has 230 valence electrons. The Hall–Kier alpha value is -2.73. The molecule has 0 spiro atoms. The zero-order valence-corrected chi connectivity index (χ0v) is 26.9. The van der Waals surface area contributed by atoms with E-state index in [1.165, 1.54) is 15.8 Å². The lowest BCUT2D eigenvalue weighted by Gasteiger charge is -2.49. The SMILES string of the molecule is CC(C)C[C@H]1C(=O)N2CCC[C@H]2[C@]2(O)O[C@](NC(=O)[C@H]3C=C4c5cccc6[nH]c(Br)c(c56)C[C@@H]4N(C)C3)(C(C)C)C(=O)N12. The maximum atomic E-state index is 14.4. The summed E-state index contributed by atoms with van der Waals surface area (Å²) in [4.78, 5) is 50.8. The smallest absolute Gasteiger partial charge is 0.281 e. The van der Waals surface area contributed by atoms with Crippen molar-refractivity contribution in [1.82, 2.24) is 25.0 Å². The number of rotatable bonds is 5. The van der Waals surface area contributed by atoms with Gasteiger partial charge in [-0.15, -0.1) is 0 Å². The molecule has 7 rings (SSSR count). The topological polar surface area (TPSA) is 118 Å². The highest BCUT2D eigenvalue weighted by Crippen LogP contribution is 2.49. The zero-order valence-electron chi connectivity index (χ0n) is 25.3. The van der Waals surface area contributed by atoms with E-state index in [-0.39, 0.29) is 23.8 Å². The summed E-state index contributed by atoms with van der Waals surface area (Å²) in [5, 5.41) is 16.3. The minimum atomic E-state index is -2.01. The molecular weight excluding hydrogens is 614 g/mol. The molecule has 3 saturated heterocycles. The normalized spacial score (nSPS) is 33.7. The van der Waals surface area contributed by atoms with Gasteiger partial charge < -0.3 is 20.3 Å². The molecule has 10 nitrogen and oxygen atoms in total. The fourth-order valence-electron chi connectivity index (χ4n) is 8.15. The predicted molar refractivity (Wildman–Crippen MR) is 164 cm³/mol. The molecule has 6 atom stereocenters. The molecule has 1 aromatic carbocycles. The number of halogens is 1. The highest BCUT2D eigenvalue weighted by Gasteiger charge is 2.72. The first kappa shape index (κ1) is 29.0. The Morgan fingerprint density at radius 2 is 2.02 bits per heavy atom. The van der Waals surface area contributed by atoms with Gasteiger partial charge in [-0.3, -0.25) is 28.9 Å². The summed E-state index contributed by atoms with van der Waals surface area (Å²) >= 11 is 3.70. The van der Waals surface area contributed by atoms with E-state index in [4.69, 9.17) is 4.74 Å². The average Bonchev–Trinajstić information content (AvgIpc) is 3.63. The number of hydrogen-bond acceptors (Lipinski definition) is 6. The third-order valence-corrected chi connectivity index (χ3v) is 10.9. The van der Waals surface area contributed by atoms with E-state index < -0.39 is 41.5 Å². The van der Waals surface area contributed by atoms with Crippen LogP contribution in [0.5, 0.6) is 0 Å². The molecule has 0 saturated carbocycles. The van der Waals surface area contributed by atoms with Crippen LogP contribution in [0.4, 0.5) is 0 Å². The summed E-state index contributed by atoms with van der Waals surface area (Å²) in [6, 6.07) is 4.76. The van der Waals surface area contributed by atoms with Crippen LogP contribution in [0.15, 0.2) is 28.9 Å². The van der Waals surface area contributed by atoms with Crippen LogP contribution in [0, 0.1) is 17.8 Å². The van der Waals surface area contributed by atoms with E-state index in [0.717, 1.165) is 34.1 Å². The van der Waals surface area contributed by atoms with E-state index in [1.807, 2.05) is 33.0 Å². The number of hydrogen-bond donors (Lipinski definition) is 3. The number of amides is 3. The number of benzene rings is 1. The summed E-state index contributed by atoms with van der Waals surface area (Å²) in [5.74, 6) is -4.01. The number of piperazine rings is 1. The van der Waals surface area contributed by atoms with Gasteiger partial charge in [0.25, 0.3) is 11.8 Å². The standard InChI is InChI=1S/C32H40BrN5O5/c1-16(2)12-24-29(40)37-11-7-10-25(37)32(42)38(24)30(41)31(43-32,17(3)4)35-28(39)18-13-20-19-8-6-9-22-26(19)21(27(33)34-22)14-23(20)36(5)15-18/h6,8-9,13,16-18,23-25,34,42H,7,10-12,14-15H2,1-5H3,(H,35,39)/t18-,23-,24-,25-,31+,32-/m0/s1. The van der Waals surface area contributed by atoms with E-state index in [0.29, 0.717) is 25.9 Å². The van der Waals surface area contributed by atoms with Crippen molar-refractivity contribution >= 4 is 50.1 Å². The maximum absolute atomic E-state index is 14.4. The van der Waals surface area contributed by atoms with Crippen molar-refractivity contribution in [3.63, 3.8) is 0 Å². The van der Waals surface area contributed by atoms with Crippen LogP contribution in [0.2, 0.25) is 0 Å². The van der Waals surface area contributed by atoms with Crippen molar-refractivity contribution in [3.05, 3.63) is 40.0 Å². The lowest BCUT2D eigenvalue weighted by Crippen LogP contribution is -2.71. The molecule has 3 N–H and O–H groups in total. The molecule has 0 radical (unpaired) electrons. The molecule has 1 aromatic heterocycles. The number of carbonyl (C=O) groups is 3. The van der Waals surface area contributed by atoms with Crippen LogP contribution < -0.4 is 5.32 Å². The van der Waals surface area contributed by atoms with Gasteiger partial charge in [-0.2, -0.15) is 0 Å². The summed E-state index contributed by atoms with van der Waals surface area (Å²) in [6.07, 6.45) is 4.49. The first-order chi connectivity index (χ1) is 20.4. The summed E-state index contributed by atoms with van der Waals surface area (Å²) in [6.45, 7) is 8.57. The number of aromatic nitrogens is 1. The molecule has 4 aliphatic heterocycles. The molecule has 5 aliphatic rings. The van der Waals surface area contributed by atoms with Crippen LogP contribution in [0.25, 0.3) is 16.5 Å². The Kier molecular flexibility index (Phi) is 6.67. The van der Waals surface area contributed by atoms with Crippen LogP contribution in [0.3, 0.4) is 0 Å². The van der Waals surface area contributed by atoms with Gasteiger partial charge in [0.15, 0.2) is 0 Å². The van der Waals surface area contributed by atoms with Gasteiger partial charge in [0.1, 0.15) is 12.1 Å². The lowest BCUT2D eigenvalue weighted by molar-refractivity contribution is -0.322. The molecule has 2 aromatic rings. The number of nitrogens with zero attached hydrogens (tertiary/aromatic N) is 3. The average molecular weight is 655 g/mol. The highest BCUT2D eigenvalue weighted by atomic mass is 79.9. The lowest BCUT2D eigenvalue weighted by atomic mass is 9.79. The van der Waals surface area contributed by atoms with Crippen molar-refractivity contribution in [2.45, 2.75) is 83.1 Å². The summed E-state index contributed by atoms with van der Waals surface area (Å²) < 4.78 is 7.43. The van der Waals surface area contributed by atoms with Gasteiger partial charge in [-0.1, -0.05) is 45.9 Å². The molecule has 3 fully saturated rings. The van der Waals surface area contributed by atoms with Crippen LogP contribution in [-0.4, -0.2) is 92.4 Å². The quantitative estimate of drug-likeness (QED) is 0.456. The monoisotopic (exact) mass is 653 g/mol. The Labute approximate surface area is 259 Å². The molecule has 43 heavy (non-hydrogen) atoms. The van der Waals surface area contributed by atoms with Crippen molar-refractivity contribution < 1.29 is 24.2 Å².